The van der Waals surface area contributed by atoms with E-state index < -0.39 is 9.84 Å². The zero-order valence-corrected chi connectivity index (χ0v) is 10.1. The van der Waals surface area contributed by atoms with Gasteiger partial charge in [0.1, 0.15) is 5.75 Å². The molecule has 1 aliphatic rings. The lowest BCUT2D eigenvalue weighted by Crippen LogP contribution is -2.25. The second-order valence-corrected chi connectivity index (χ2v) is 6.15. The van der Waals surface area contributed by atoms with Crippen LogP contribution in [0.2, 0.25) is 0 Å². The molecule has 5 heteroatoms. The highest BCUT2D eigenvalue weighted by molar-refractivity contribution is 7.91. The second-order valence-electron chi connectivity index (χ2n) is 4.15. The fourth-order valence-electron chi connectivity index (χ4n) is 2.08. The van der Waals surface area contributed by atoms with Gasteiger partial charge in [0.25, 0.3) is 0 Å². The van der Waals surface area contributed by atoms with Crippen LogP contribution in [-0.4, -0.2) is 27.3 Å². The highest BCUT2D eigenvalue weighted by atomic mass is 32.2. The maximum absolute atomic E-state index is 11.9. The highest BCUT2D eigenvalue weighted by Gasteiger charge is 2.36. The van der Waals surface area contributed by atoms with Crippen molar-refractivity contribution in [2.45, 2.75) is 23.8 Å². The largest absolute Gasteiger partial charge is 0.497 e. The molecule has 2 unspecified atom stereocenters. The van der Waals surface area contributed by atoms with E-state index in [1.54, 1.807) is 25.3 Å². The number of sulfone groups is 1. The number of benzene rings is 1. The summed E-state index contributed by atoms with van der Waals surface area (Å²) in [6, 6.07) is 4.86. The Kier molecular flexibility index (Phi) is 2.67. The van der Waals surface area contributed by atoms with Gasteiger partial charge in [-0.05, 0) is 30.7 Å². The molecule has 16 heavy (non-hydrogen) atoms. The van der Waals surface area contributed by atoms with Crippen molar-refractivity contribution < 1.29 is 13.2 Å². The van der Waals surface area contributed by atoms with Crippen molar-refractivity contribution in [1.82, 2.24) is 0 Å². The van der Waals surface area contributed by atoms with Gasteiger partial charge in [-0.25, -0.2) is 8.42 Å². The van der Waals surface area contributed by atoms with Crippen molar-refractivity contribution >= 4 is 9.84 Å². The molecule has 0 spiro atoms. The van der Waals surface area contributed by atoms with E-state index in [4.69, 9.17) is 10.5 Å². The normalized spacial score (nSPS) is 23.8. The number of methoxy groups -OCH3 is 1. The molecule has 1 aromatic rings. The predicted octanol–water partition coefficient (Wildman–Crippen LogP) is 0.913. The Morgan fingerprint density at radius 1 is 1.50 bits per heavy atom. The minimum absolute atomic E-state index is 0.104. The van der Waals surface area contributed by atoms with E-state index >= 15 is 0 Å². The van der Waals surface area contributed by atoms with Crippen molar-refractivity contribution in [2.75, 3.05) is 12.9 Å². The van der Waals surface area contributed by atoms with Crippen LogP contribution in [0.15, 0.2) is 23.1 Å². The molecular formula is C11H15NO3S. The zero-order valence-electron chi connectivity index (χ0n) is 9.30. The van der Waals surface area contributed by atoms with Crippen molar-refractivity contribution in [3.8, 4) is 5.75 Å². The Bertz CT molecular complexity index is 508. The predicted molar refractivity (Wildman–Crippen MR) is 61.4 cm³/mol. The van der Waals surface area contributed by atoms with Crippen LogP contribution in [0.4, 0.5) is 0 Å². The van der Waals surface area contributed by atoms with Gasteiger partial charge in [0.2, 0.25) is 0 Å². The average Bonchev–Trinajstić information content (AvgIpc) is 2.50. The Balaban J connectivity index is 2.59. The van der Waals surface area contributed by atoms with Crippen molar-refractivity contribution in [1.29, 1.82) is 0 Å². The van der Waals surface area contributed by atoms with Gasteiger partial charge in [-0.2, -0.15) is 0 Å². The lowest BCUT2D eigenvalue weighted by atomic mass is 9.95. The molecule has 0 bridgehead atoms. The van der Waals surface area contributed by atoms with E-state index in [0.29, 0.717) is 10.6 Å². The maximum atomic E-state index is 11.9. The fourth-order valence-corrected chi connectivity index (χ4v) is 4.06. The summed E-state index contributed by atoms with van der Waals surface area (Å²) >= 11 is 0. The molecule has 1 heterocycles. The van der Waals surface area contributed by atoms with Crippen LogP contribution in [0.5, 0.6) is 5.75 Å². The van der Waals surface area contributed by atoms with Crippen LogP contribution in [0.3, 0.4) is 0 Å². The molecule has 2 N–H and O–H groups in total. The molecule has 2 rings (SSSR count). The van der Waals surface area contributed by atoms with Gasteiger partial charge in [-0.1, -0.05) is 0 Å². The summed E-state index contributed by atoms with van der Waals surface area (Å²) in [4.78, 5) is 0.399. The van der Waals surface area contributed by atoms with Crippen molar-refractivity contribution in [3.63, 3.8) is 0 Å². The molecule has 0 amide bonds. The van der Waals surface area contributed by atoms with Crippen LogP contribution >= 0.6 is 0 Å². The minimum Gasteiger partial charge on any atom is -0.497 e. The lowest BCUT2D eigenvalue weighted by Gasteiger charge is -2.14. The molecule has 0 fully saturated rings. The summed E-state index contributed by atoms with van der Waals surface area (Å²) in [6.45, 7) is 1.83. The summed E-state index contributed by atoms with van der Waals surface area (Å²) in [5.41, 5.74) is 6.61. The summed E-state index contributed by atoms with van der Waals surface area (Å²) in [5, 5.41) is 0. The molecule has 0 saturated heterocycles. The minimum atomic E-state index is -3.16. The van der Waals surface area contributed by atoms with E-state index in [-0.39, 0.29) is 17.7 Å². The summed E-state index contributed by atoms with van der Waals surface area (Å²) < 4.78 is 28.8. The second kappa shape index (κ2) is 3.75. The Hall–Kier alpha value is -1.07. The van der Waals surface area contributed by atoms with Gasteiger partial charge >= 0.3 is 0 Å². The molecule has 88 valence electrons. The van der Waals surface area contributed by atoms with Crippen LogP contribution in [0, 0.1) is 0 Å². The number of rotatable bonds is 2. The number of fused-ring (bicyclic) bond motifs is 1. The standard InChI is InChI=1S/C11H15NO3S/c1-7(12)10-6-16(13,14)11-4-3-8(15-2)5-9(10)11/h3-5,7,10H,6,12H2,1-2H3. The number of hydrogen-bond donors (Lipinski definition) is 1. The first kappa shape index (κ1) is 11.4. The lowest BCUT2D eigenvalue weighted by molar-refractivity contribution is 0.413. The highest BCUT2D eigenvalue weighted by Crippen LogP contribution is 2.38. The average molecular weight is 241 g/mol. The molecule has 1 aliphatic heterocycles. The van der Waals surface area contributed by atoms with E-state index in [1.807, 2.05) is 6.92 Å². The first-order chi connectivity index (χ1) is 7.45. The maximum Gasteiger partial charge on any atom is 0.179 e. The quantitative estimate of drug-likeness (QED) is 0.835. The first-order valence-electron chi connectivity index (χ1n) is 5.12. The third kappa shape index (κ3) is 1.70. The van der Waals surface area contributed by atoms with E-state index in [1.165, 1.54) is 0 Å². The van der Waals surface area contributed by atoms with Gasteiger partial charge in [-0.3, -0.25) is 0 Å². The fraction of sp³-hybridized carbons (Fsp3) is 0.455. The third-order valence-electron chi connectivity index (χ3n) is 2.99. The van der Waals surface area contributed by atoms with Crippen LogP contribution in [0.25, 0.3) is 0 Å². The summed E-state index contributed by atoms with van der Waals surface area (Å²) in [7, 11) is -1.60. The van der Waals surface area contributed by atoms with Crippen LogP contribution in [-0.2, 0) is 9.84 Å². The Labute approximate surface area is 95.3 Å². The molecule has 0 saturated carbocycles. The van der Waals surface area contributed by atoms with Gasteiger partial charge in [0, 0.05) is 12.0 Å². The summed E-state index contributed by atoms with van der Waals surface area (Å²) in [5.74, 6) is 0.643. The smallest absolute Gasteiger partial charge is 0.179 e. The monoisotopic (exact) mass is 241 g/mol. The van der Waals surface area contributed by atoms with E-state index in [9.17, 15) is 8.42 Å². The van der Waals surface area contributed by atoms with E-state index in [0.717, 1.165) is 5.56 Å². The van der Waals surface area contributed by atoms with Gasteiger partial charge < -0.3 is 10.5 Å². The molecular weight excluding hydrogens is 226 g/mol. The number of ether oxygens (including phenoxy) is 1. The SMILES string of the molecule is COc1ccc2c(c1)C(C(C)N)CS2(=O)=O. The zero-order chi connectivity index (χ0) is 11.9. The van der Waals surface area contributed by atoms with Gasteiger partial charge in [-0.15, -0.1) is 0 Å². The number of nitrogens with two attached hydrogens (primary N) is 1. The van der Waals surface area contributed by atoms with Crippen molar-refractivity contribution in [2.24, 2.45) is 5.73 Å². The molecule has 4 nitrogen and oxygen atoms in total. The molecule has 2 atom stereocenters. The van der Waals surface area contributed by atoms with Crippen LogP contribution < -0.4 is 10.5 Å². The Morgan fingerprint density at radius 2 is 2.19 bits per heavy atom. The topological polar surface area (TPSA) is 69.4 Å². The van der Waals surface area contributed by atoms with E-state index in [2.05, 4.69) is 0 Å². The Morgan fingerprint density at radius 3 is 2.75 bits per heavy atom. The first-order valence-corrected chi connectivity index (χ1v) is 6.77. The molecule has 0 aromatic heterocycles. The van der Waals surface area contributed by atoms with Crippen LogP contribution in [0.1, 0.15) is 18.4 Å². The number of hydrogen-bond acceptors (Lipinski definition) is 4. The molecule has 0 radical (unpaired) electrons. The van der Waals surface area contributed by atoms with Crippen molar-refractivity contribution in [3.05, 3.63) is 23.8 Å². The van der Waals surface area contributed by atoms with Gasteiger partial charge in [0.05, 0.1) is 17.8 Å². The third-order valence-corrected chi connectivity index (χ3v) is 4.82. The molecule has 0 aliphatic carbocycles. The molecule has 1 aromatic carbocycles. The summed E-state index contributed by atoms with van der Waals surface area (Å²) in [6.07, 6.45) is 0. The van der Waals surface area contributed by atoms with Gasteiger partial charge in [0.15, 0.2) is 9.84 Å².